The molecule has 7 heteroatoms. The Balaban J connectivity index is 3.61. The lowest BCUT2D eigenvalue weighted by Gasteiger charge is -2.12. The average molecular weight is 234 g/mol. The van der Waals surface area contributed by atoms with Crippen molar-refractivity contribution in [3.8, 4) is 0 Å². The van der Waals surface area contributed by atoms with E-state index in [4.69, 9.17) is 14.9 Å². The summed E-state index contributed by atoms with van der Waals surface area (Å²) in [5.41, 5.74) is 0. The standard InChI is InChI=1S/C9H18N2O5/c1-16-5-3-2-4-10-9(15)11-7(6-12)8(13)14/h7,12H,2-6H2,1H3,(H,13,14)(H2,10,11,15)/t7-/m0/s1. The van der Waals surface area contributed by atoms with Crippen LogP contribution in [-0.4, -0.2) is 55.1 Å². The molecule has 0 aliphatic carbocycles. The number of unbranched alkanes of at least 4 members (excludes halogenated alkanes) is 1. The largest absolute Gasteiger partial charge is 0.480 e. The van der Waals surface area contributed by atoms with E-state index in [2.05, 4.69) is 10.6 Å². The number of amides is 2. The molecule has 1 atom stereocenters. The Morgan fingerprint density at radius 1 is 1.38 bits per heavy atom. The number of ether oxygens (including phenoxy) is 1. The molecule has 16 heavy (non-hydrogen) atoms. The normalized spacial score (nSPS) is 11.9. The van der Waals surface area contributed by atoms with E-state index in [9.17, 15) is 9.59 Å². The van der Waals surface area contributed by atoms with Crippen LogP contribution in [0.1, 0.15) is 12.8 Å². The molecule has 0 aliphatic heterocycles. The Morgan fingerprint density at radius 3 is 2.56 bits per heavy atom. The lowest BCUT2D eigenvalue weighted by molar-refractivity contribution is -0.140. The van der Waals surface area contributed by atoms with Gasteiger partial charge in [-0.25, -0.2) is 9.59 Å². The van der Waals surface area contributed by atoms with E-state index in [1.807, 2.05) is 0 Å². The van der Waals surface area contributed by atoms with Crippen LogP contribution in [0.4, 0.5) is 4.79 Å². The summed E-state index contributed by atoms with van der Waals surface area (Å²) in [6.45, 7) is 0.428. The van der Waals surface area contributed by atoms with Gasteiger partial charge in [0.1, 0.15) is 0 Å². The molecule has 0 aromatic heterocycles. The maximum absolute atomic E-state index is 11.1. The zero-order chi connectivity index (χ0) is 12.4. The van der Waals surface area contributed by atoms with Crippen molar-refractivity contribution in [2.24, 2.45) is 0 Å². The molecule has 0 saturated heterocycles. The van der Waals surface area contributed by atoms with Crippen molar-refractivity contribution in [2.75, 3.05) is 26.9 Å². The van der Waals surface area contributed by atoms with Gasteiger partial charge >= 0.3 is 12.0 Å². The summed E-state index contributed by atoms with van der Waals surface area (Å²) in [6.07, 6.45) is 1.57. The quantitative estimate of drug-likeness (QED) is 0.409. The fourth-order valence-electron chi connectivity index (χ4n) is 0.968. The Morgan fingerprint density at radius 2 is 2.06 bits per heavy atom. The molecule has 0 rings (SSSR count). The maximum atomic E-state index is 11.1. The van der Waals surface area contributed by atoms with Gasteiger partial charge in [0.15, 0.2) is 6.04 Å². The molecule has 0 spiro atoms. The number of carbonyl (C=O) groups is 2. The smallest absolute Gasteiger partial charge is 0.328 e. The summed E-state index contributed by atoms with van der Waals surface area (Å²) in [6, 6.07) is -1.86. The number of carbonyl (C=O) groups excluding carboxylic acids is 1. The van der Waals surface area contributed by atoms with Gasteiger partial charge in [-0.3, -0.25) is 0 Å². The summed E-state index contributed by atoms with van der Waals surface area (Å²) in [7, 11) is 1.60. The second-order valence-electron chi connectivity index (χ2n) is 3.17. The minimum Gasteiger partial charge on any atom is -0.480 e. The summed E-state index contributed by atoms with van der Waals surface area (Å²) in [5, 5.41) is 21.8. The molecule has 0 fully saturated rings. The Kier molecular flexibility index (Phi) is 8.18. The van der Waals surface area contributed by atoms with E-state index in [0.717, 1.165) is 12.8 Å². The van der Waals surface area contributed by atoms with Crippen molar-refractivity contribution < 1.29 is 24.5 Å². The van der Waals surface area contributed by atoms with Crippen molar-refractivity contribution in [3.63, 3.8) is 0 Å². The number of nitrogens with one attached hydrogen (secondary N) is 2. The highest BCUT2D eigenvalue weighted by molar-refractivity contribution is 5.82. The Bertz CT molecular complexity index is 222. The molecule has 4 N–H and O–H groups in total. The molecule has 0 radical (unpaired) electrons. The molecule has 0 aromatic carbocycles. The first-order chi connectivity index (χ1) is 7.61. The van der Waals surface area contributed by atoms with Gasteiger partial charge in [-0.05, 0) is 12.8 Å². The second kappa shape index (κ2) is 8.93. The van der Waals surface area contributed by atoms with Crippen LogP contribution in [0.3, 0.4) is 0 Å². The minimum absolute atomic E-state index is 0.437. The predicted octanol–water partition coefficient (Wildman–Crippen LogP) is -0.842. The van der Waals surface area contributed by atoms with Gasteiger partial charge in [0.2, 0.25) is 0 Å². The number of urea groups is 1. The van der Waals surface area contributed by atoms with E-state index in [0.29, 0.717) is 13.2 Å². The number of carboxylic acid groups (broad SMARTS) is 1. The van der Waals surface area contributed by atoms with Crippen LogP contribution in [0.2, 0.25) is 0 Å². The zero-order valence-electron chi connectivity index (χ0n) is 9.23. The molecule has 2 amide bonds. The van der Waals surface area contributed by atoms with Gasteiger partial charge in [-0.1, -0.05) is 0 Å². The highest BCUT2D eigenvalue weighted by Crippen LogP contribution is 1.87. The molecular formula is C9H18N2O5. The van der Waals surface area contributed by atoms with Crippen molar-refractivity contribution in [3.05, 3.63) is 0 Å². The molecule has 0 heterocycles. The molecule has 0 unspecified atom stereocenters. The summed E-state index contributed by atoms with van der Waals surface area (Å²) in [5.74, 6) is -1.27. The fraction of sp³-hybridized carbons (Fsp3) is 0.778. The van der Waals surface area contributed by atoms with E-state index in [-0.39, 0.29) is 0 Å². The number of aliphatic carboxylic acids is 1. The van der Waals surface area contributed by atoms with Crippen molar-refractivity contribution in [1.29, 1.82) is 0 Å². The van der Waals surface area contributed by atoms with Gasteiger partial charge < -0.3 is 25.6 Å². The number of aliphatic hydroxyl groups is 1. The maximum Gasteiger partial charge on any atom is 0.328 e. The van der Waals surface area contributed by atoms with Crippen LogP contribution in [0.25, 0.3) is 0 Å². The Hall–Kier alpha value is -1.34. The van der Waals surface area contributed by atoms with Gasteiger partial charge in [0, 0.05) is 20.3 Å². The van der Waals surface area contributed by atoms with E-state index >= 15 is 0 Å². The topological polar surface area (TPSA) is 108 Å². The van der Waals surface area contributed by atoms with Crippen molar-refractivity contribution in [1.82, 2.24) is 10.6 Å². The van der Waals surface area contributed by atoms with Gasteiger partial charge in [-0.15, -0.1) is 0 Å². The van der Waals surface area contributed by atoms with Crippen molar-refractivity contribution in [2.45, 2.75) is 18.9 Å². The minimum atomic E-state index is -1.27. The van der Waals surface area contributed by atoms with Gasteiger partial charge in [0.05, 0.1) is 6.61 Å². The number of rotatable bonds is 8. The van der Waals surface area contributed by atoms with Crippen LogP contribution >= 0.6 is 0 Å². The molecule has 0 saturated carbocycles. The third kappa shape index (κ3) is 7.02. The monoisotopic (exact) mass is 234 g/mol. The van der Waals surface area contributed by atoms with E-state index in [1.54, 1.807) is 7.11 Å². The lowest BCUT2D eigenvalue weighted by Crippen LogP contribution is -2.48. The number of methoxy groups -OCH3 is 1. The molecule has 0 bridgehead atoms. The highest BCUT2D eigenvalue weighted by Gasteiger charge is 2.17. The number of hydrogen-bond donors (Lipinski definition) is 4. The predicted molar refractivity (Wildman–Crippen MR) is 56.2 cm³/mol. The lowest BCUT2D eigenvalue weighted by atomic mass is 10.3. The fourth-order valence-corrected chi connectivity index (χ4v) is 0.968. The third-order valence-electron chi connectivity index (χ3n) is 1.85. The third-order valence-corrected chi connectivity index (χ3v) is 1.85. The number of hydrogen-bond acceptors (Lipinski definition) is 4. The summed E-state index contributed by atoms with van der Waals surface area (Å²) >= 11 is 0. The highest BCUT2D eigenvalue weighted by atomic mass is 16.5. The van der Waals surface area contributed by atoms with Crippen LogP contribution < -0.4 is 10.6 Å². The molecule has 0 aliphatic rings. The first kappa shape index (κ1) is 14.7. The molecule has 94 valence electrons. The van der Waals surface area contributed by atoms with E-state index < -0.39 is 24.6 Å². The molecule has 0 aromatic rings. The SMILES string of the molecule is COCCCCNC(=O)N[C@@H](CO)C(=O)O. The first-order valence-corrected chi connectivity index (χ1v) is 4.98. The molecule has 7 nitrogen and oxygen atoms in total. The number of aliphatic hydroxyl groups excluding tert-OH is 1. The molecular weight excluding hydrogens is 216 g/mol. The zero-order valence-corrected chi connectivity index (χ0v) is 9.23. The summed E-state index contributed by atoms with van der Waals surface area (Å²) in [4.78, 5) is 21.6. The van der Waals surface area contributed by atoms with Gasteiger partial charge in [0.25, 0.3) is 0 Å². The van der Waals surface area contributed by atoms with Crippen LogP contribution in [0.5, 0.6) is 0 Å². The van der Waals surface area contributed by atoms with Crippen LogP contribution in [-0.2, 0) is 9.53 Å². The second-order valence-corrected chi connectivity index (χ2v) is 3.17. The first-order valence-electron chi connectivity index (χ1n) is 4.98. The summed E-state index contributed by atoms with van der Waals surface area (Å²) < 4.78 is 4.82. The number of carboxylic acids is 1. The van der Waals surface area contributed by atoms with Crippen LogP contribution in [0, 0.1) is 0 Å². The average Bonchev–Trinajstić information content (AvgIpc) is 2.25. The van der Waals surface area contributed by atoms with Gasteiger partial charge in [-0.2, -0.15) is 0 Å². The van der Waals surface area contributed by atoms with Crippen molar-refractivity contribution >= 4 is 12.0 Å². The van der Waals surface area contributed by atoms with E-state index in [1.165, 1.54) is 0 Å². The Labute approximate surface area is 93.8 Å². The van der Waals surface area contributed by atoms with Crippen LogP contribution in [0.15, 0.2) is 0 Å².